The molecule has 0 fully saturated rings. The number of phenols is 1. The molecule has 1 aliphatic rings. The van der Waals surface area contributed by atoms with Crippen molar-refractivity contribution in [1.82, 2.24) is 0 Å². The van der Waals surface area contributed by atoms with Crippen LogP contribution in [0.4, 0.5) is 0 Å². The predicted octanol–water partition coefficient (Wildman–Crippen LogP) is 2.13. The van der Waals surface area contributed by atoms with E-state index in [0.717, 1.165) is 16.9 Å². The number of thioether (sulfide) groups is 1. The summed E-state index contributed by atoms with van der Waals surface area (Å²) < 4.78 is 0. The monoisotopic (exact) mass is 224 g/mol. The molecule has 2 atom stereocenters. The van der Waals surface area contributed by atoms with Crippen molar-refractivity contribution in [3.05, 3.63) is 23.8 Å². The maximum atomic E-state index is 10.8. The van der Waals surface area contributed by atoms with Crippen LogP contribution in [0, 0.1) is 5.92 Å². The highest BCUT2D eigenvalue weighted by molar-refractivity contribution is 8.00. The lowest BCUT2D eigenvalue weighted by Crippen LogP contribution is -2.22. The Morgan fingerprint density at radius 1 is 1.60 bits per heavy atom. The van der Waals surface area contributed by atoms with Crippen molar-refractivity contribution in [1.29, 1.82) is 0 Å². The van der Waals surface area contributed by atoms with Gasteiger partial charge < -0.3 is 10.2 Å². The van der Waals surface area contributed by atoms with Gasteiger partial charge in [-0.05, 0) is 30.2 Å². The van der Waals surface area contributed by atoms with Crippen LogP contribution in [0.2, 0.25) is 0 Å². The fraction of sp³-hybridized carbons (Fsp3) is 0.364. The molecule has 0 aromatic heterocycles. The van der Waals surface area contributed by atoms with Crippen LogP contribution >= 0.6 is 11.8 Å². The fourth-order valence-corrected chi connectivity index (χ4v) is 3.05. The van der Waals surface area contributed by atoms with Gasteiger partial charge in [0.25, 0.3) is 0 Å². The van der Waals surface area contributed by atoms with Crippen LogP contribution in [0.25, 0.3) is 0 Å². The Kier molecular flexibility index (Phi) is 2.61. The van der Waals surface area contributed by atoms with Crippen LogP contribution in [0.5, 0.6) is 5.75 Å². The van der Waals surface area contributed by atoms with Gasteiger partial charge in [-0.25, -0.2) is 0 Å². The highest BCUT2D eigenvalue weighted by Gasteiger charge is 2.30. The van der Waals surface area contributed by atoms with Crippen LogP contribution in [-0.4, -0.2) is 21.4 Å². The van der Waals surface area contributed by atoms with Crippen molar-refractivity contribution in [2.75, 3.05) is 0 Å². The first-order chi connectivity index (χ1) is 7.08. The van der Waals surface area contributed by atoms with E-state index in [-0.39, 0.29) is 16.9 Å². The molecule has 1 aromatic carbocycles. The van der Waals surface area contributed by atoms with E-state index in [0.29, 0.717) is 0 Å². The second-order valence-corrected chi connectivity index (χ2v) is 5.06. The molecule has 0 saturated carbocycles. The van der Waals surface area contributed by atoms with Crippen molar-refractivity contribution >= 4 is 17.7 Å². The minimum absolute atomic E-state index is 0.0827. The van der Waals surface area contributed by atoms with Gasteiger partial charge in [0.2, 0.25) is 0 Å². The Hall–Kier alpha value is -1.16. The summed E-state index contributed by atoms with van der Waals surface area (Å²) in [7, 11) is 0. The summed E-state index contributed by atoms with van der Waals surface area (Å²) in [4.78, 5) is 11.9. The molecule has 0 aliphatic carbocycles. The summed E-state index contributed by atoms with van der Waals surface area (Å²) in [6.07, 6.45) is 0.724. The molecule has 0 amide bonds. The zero-order valence-electron chi connectivity index (χ0n) is 8.30. The smallest absolute Gasteiger partial charge is 0.307 e. The number of carboxylic acids is 1. The topological polar surface area (TPSA) is 57.5 Å². The Labute approximate surface area is 92.1 Å². The first-order valence-corrected chi connectivity index (χ1v) is 5.67. The molecule has 4 heteroatoms. The number of carboxylic acid groups (broad SMARTS) is 1. The number of rotatable bonds is 2. The number of hydrogen-bond acceptors (Lipinski definition) is 3. The average Bonchev–Trinajstić information content (AvgIpc) is 2.58. The highest BCUT2D eigenvalue weighted by atomic mass is 32.2. The molecule has 80 valence electrons. The van der Waals surface area contributed by atoms with Gasteiger partial charge in [0.1, 0.15) is 5.75 Å². The normalized spacial score (nSPS) is 21.0. The van der Waals surface area contributed by atoms with Crippen molar-refractivity contribution in [2.45, 2.75) is 23.5 Å². The molecule has 2 unspecified atom stereocenters. The van der Waals surface area contributed by atoms with Crippen molar-refractivity contribution in [3.63, 3.8) is 0 Å². The molecule has 15 heavy (non-hydrogen) atoms. The van der Waals surface area contributed by atoms with Gasteiger partial charge in [-0.2, -0.15) is 0 Å². The second-order valence-electron chi connectivity index (χ2n) is 3.78. The molecular formula is C11H12O3S. The van der Waals surface area contributed by atoms with Gasteiger partial charge >= 0.3 is 5.97 Å². The SMILES string of the molecule is CC(C(=O)O)C1Cc2cc(O)ccc2S1. The van der Waals surface area contributed by atoms with E-state index in [2.05, 4.69) is 0 Å². The van der Waals surface area contributed by atoms with E-state index in [9.17, 15) is 9.90 Å². The third kappa shape index (κ3) is 1.95. The third-order valence-corrected chi connectivity index (χ3v) is 4.22. The molecule has 1 aromatic rings. The van der Waals surface area contributed by atoms with Crippen molar-refractivity contribution in [2.24, 2.45) is 5.92 Å². The van der Waals surface area contributed by atoms with Crippen LogP contribution in [0.3, 0.4) is 0 Å². The first kappa shape index (κ1) is 10.4. The zero-order chi connectivity index (χ0) is 11.0. The largest absolute Gasteiger partial charge is 0.508 e. The molecule has 0 saturated heterocycles. The second kappa shape index (κ2) is 3.77. The molecule has 3 nitrogen and oxygen atoms in total. The number of phenolic OH excluding ortho intramolecular Hbond substituents is 1. The molecule has 0 bridgehead atoms. The minimum Gasteiger partial charge on any atom is -0.508 e. The van der Waals surface area contributed by atoms with Crippen molar-refractivity contribution in [3.8, 4) is 5.75 Å². The van der Waals surface area contributed by atoms with Gasteiger partial charge in [0, 0.05) is 10.1 Å². The molecule has 0 spiro atoms. The first-order valence-electron chi connectivity index (χ1n) is 4.79. The zero-order valence-corrected chi connectivity index (χ0v) is 9.12. The van der Waals surface area contributed by atoms with Gasteiger partial charge in [-0.3, -0.25) is 4.79 Å². The number of fused-ring (bicyclic) bond motifs is 1. The van der Waals surface area contributed by atoms with E-state index in [4.69, 9.17) is 5.11 Å². The van der Waals surface area contributed by atoms with Crippen LogP contribution in [-0.2, 0) is 11.2 Å². The Bertz CT molecular complexity index is 403. The third-order valence-electron chi connectivity index (χ3n) is 2.69. The number of benzene rings is 1. The minimum atomic E-state index is -0.760. The summed E-state index contributed by atoms with van der Waals surface area (Å²) in [6, 6.07) is 5.21. The lowest BCUT2D eigenvalue weighted by atomic mass is 10.0. The van der Waals surface area contributed by atoms with Crippen LogP contribution in [0.15, 0.2) is 23.1 Å². The van der Waals surface area contributed by atoms with Gasteiger partial charge in [-0.15, -0.1) is 11.8 Å². The summed E-state index contributed by atoms with van der Waals surface area (Å²) >= 11 is 1.59. The number of hydrogen-bond donors (Lipinski definition) is 2. The summed E-state index contributed by atoms with van der Waals surface area (Å²) in [5.74, 6) is -0.868. The molecule has 1 heterocycles. The van der Waals surface area contributed by atoms with E-state index < -0.39 is 5.97 Å². The van der Waals surface area contributed by atoms with E-state index in [1.807, 2.05) is 6.07 Å². The Morgan fingerprint density at radius 2 is 2.33 bits per heavy atom. The highest BCUT2D eigenvalue weighted by Crippen LogP contribution is 2.41. The van der Waals surface area contributed by atoms with Gasteiger partial charge in [-0.1, -0.05) is 6.92 Å². The summed E-state index contributed by atoms with van der Waals surface area (Å²) in [6.45, 7) is 1.73. The van der Waals surface area contributed by atoms with E-state index in [1.165, 1.54) is 0 Å². The van der Waals surface area contributed by atoms with Gasteiger partial charge in [0.05, 0.1) is 5.92 Å². The summed E-state index contributed by atoms with van der Waals surface area (Å²) in [5.41, 5.74) is 1.05. The summed E-state index contributed by atoms with van der Waals surface area (Å²) in [5, 5.41) is 18.3. The standard InChI is InChI=1S/C11H12O3S/c1-6(11(13)14)10-5-7-4-8(12)2-3-9(7)15-10/h2-4,6,10,12H,5H2,1H3,(H,13,14). The number of carbonyl (C=O) groups is 1. The van der Waals surface area contributed by atoms with Crippen molar-refractivity contribution < 1.29 is 15.0 Å². The lowest BCUT2D eigenvalue weighted by Gasteiger charge is -2.12. The fourth-order valence-electron chi connectivity index (χ4n) is 1.70. The van der Waals surface area contributed by atoms with Crippen LogP contribution in [0.1, 0.15) is 12.5 Å². The maximum absolute atomic E-state index is 10.8. The van der Waals surface area contributed by atoms with E-state index >= 15 is 0 Å². The molecule has 2 N–H and O–H groups in total. The quantitative estimate of drug-likeness (QED) is 0.808. The number of aromatic hydroxyl groups is 1. The molecule has 2 rings (SSSR count). The van der Waals surface area contributed by atoms with E-state index in [1.54, 1.807) is 30.8 Å². The Balaban J connectivity index is 2.19. The van der Waals surface area contributed by atoms with Gasteiger partial charge in [0.15, 0.2) is 0 Å². The number of aliphatic carboxylic acids is 1. The molecule has 1 aliphatic heterocycles. The maximum Gasteiger partial charge on any atom is 0.307 e. The van der Waals surface area contributed by atoms with Crippen LogP contribution < -0.4 is 0 Å². The Morgan fingerprint density at radius 3 is 3.00 bits per heavy atom. The predicted molar refractivity (Wildman–Crippen MR) is 58.3 cm³/mol. The lowest BCUT2D eigenvalue weighted by molar-refractivity contribution is -0.141. The molecular weight excluding hydrogens is 212 g/mol. The molecule has 0 radical (unpaired) electrons. The average molecular weight is 224 g/mol.